The summed E-state index contributed by atoms with van der Waals surface area (Å²) in [5, 5.41) is 6.64. The second-order valence-corrected chi connectivity index (χ2v) is 10.9. The molecule has 9 heteroatoms. The molecule has 0 aliphatic carbocycles. The molecule has 0 saturated heterocycles. The number of aromatic nitrogens is 3. The van der Waals surface area contributed by atoms with Crippen LogP contribution in [0.4, 0.5) is 17.6 Å². The number of alkyl halides is 3. The number of fused-ring (bicyclic) bond motifs is 1. The van der Waals surface area contributed by atoms with Crippen molar-refractivity contribution in [3.05, 3.63) is 53.6 Å². The van der Waals surface area contributed by atoms with Crippen molar-refractivity contribution in [2.75, 3.05) is 6.54 Å². The van der Waals surface area contributed by atoms with Crippen molar-refractivity contribution in [2.24, 2.45) is 0 Å². The lowest BCUT2D eigenvalue weighted by atomic mass is 10.0. The topological polar surface area (TPSA) is 59.3 Å². The van der Waals surface area contributed by atoms with Crippen molar-refractivity contribution in [2.45, 2.75) is 116 Å². The maximum absolute atomic E-state index is 13.8. The molecule has 0 atom stereocenters. The fourth-order valence-corrected chi connectivity index (χ4v) is 5.02. The molecule has 0 unspecified atom stereocenters. The van der Waals surface area contributed by atoms with E-state index < -0.39 is 23.6 Å². The van der Waals surface area contributed by atoms with Crippen molar-refractivity contribution in [3.63, 3.8) is 0 Å². The Morgan fingerprint density at radius 2 is 1.29 bits per heavy atom. The van der Waals surface area contributed by atoms with Gasteiger partial charge in [-0.15, -0.1) is 0 Å². The van der Waals surface area contributed by atoms with Gasteiger partial charge in [0.2, 0.25) is 0 Å². The van der Waals surface area contributed by atoms with Gasteiger partial charge in [0.05, 0.1) is 5.69 Å². The number of carbonyl (C=O) groups excluding carboxylic acids is 1. The van der Waals surface area contributed by atoms with Crippen LogP contribution in [-0.4, -0.2) is 27.0 Å². The number of hydrogen-bond acceptors (Lipinski definition) is 3. The van der Waals surface area contributed by atoms with Crippen molar-refractivity contribution in [3.8, 4) is 11.3 Å². The highest BCUT2D eigenvalue weighted by molar-refractivity contribution is 5.93. The van der Waals surface area contributed by atoms with Crippen LogP contribution in [0, 0.1) is 5.82 Å². The van der Waals surface area contributed by atoms with E-state index in [2.05, 4.69) is 22.3 Å². The first-order valence-corrected chi connectivity index (χ1v) is 15.3. The highest BCUT2D eigenvalue weighted by Gasteiger charge is 2.35. The molecule has 0 aliphatic rings. The van der Waals surface area contributed by atoms with Crippen LogP contribution < -0.4 is 5.32 Å². The van der Waals surface area contributed by atoms with Gasteiger partial charge in [0.1, 0.15) is 5.82 Å². The van der Waals surface area contributed by atoms with Crippen LogP contribution in [0.1, 0.15) is 126 Å². The molecule has 2 heterocycles. The number of amides is 1. The number of nitrogens with one attached hydrogen (secondary N) is 1. The third kappa shape index (κ3) is 11.1. The number of rotatable bonds is 19. The molecule has 0 bridgehead atoms. The van der Waals surface area contributed by atoms with Gasteiger partial charge in [0, 0.05) is 18.2 Å². The van der Waals surface area contributed by atoms with Crippen LogP contribution in [0.5, 0.6) is 0 Å². The Labute approximate surface area is 241 Å². The molecule has 5 nitrogen and oxygen atoms in total. The number of benzene rings is 1. The summed E-state index contributed by atoms with van der Waals surface area (Å²) in [6.07, 6.45) is 15.4. The maximum Gasteiger partial charge on any atom is 0.433 e. The molecule has 0 spiro atoms. The van der Waals surface area contributed by atoms with Gasteiger partial charge in [-0.05, 0) is 36.8 Å². The number of carbonyl (C=O) groups is 1. The lowest BCUT2D eigenvalue weighted by molar-refractivity contribution is -0.142. The molecule has 1 amide bonds. The van der Waals surface area contributed by atoms with E-state index >= 15 is 0 Å². The number of unbranched alkanes of at least 4 members (excludes halogenated alkanes) is 15. The van der Waals surface area contributed by atoms with Crippen molar-refractivity contribution in [1.82, 2.24) is 19.9 Å². The van der Waals surface area contributed by atoms with Gasteiger partial charge >= 0.3 is 6.18 Å². The van der Waals surface area contributed by atoms with Gasteiger partial charge in [-0.1, -0.05) is 103 Å². The summed E-state index contributed by atoms with van der Waals surface area (Å²) < 4.78 is 55.2. The SMILES string of the molecule is CCCCCCCCCCCCCCCCCCNC(=O)c1cc2nc(-c3ccc(F)cc3)cc(C(F)(F)F)n2n1. The quantitative estimate of drug-likeness (QED) is 0.114. The largest absolute Gasteiger partial charge is 0.433 e. The minimum Gasteiger partial charge on any atom is -0.351 e. The second-order valence-electron chi connectivity index (χ2n) is 10.9. The van der Waals surface area contributed by atoms with E-state index in [0.717, 1.165) is 37.5 Å². The average molecular weight is 577 g/mol. The van der Waals surface area contributed by atoms with E-state index in [1.165, 1.54) is 102 Å². The smallest absolute Gasteiger partial charge is 0.351 e. The molecule has 41 heavy (non-hydrogen) atoms. The van der Waals surface area contributed by atoms with Crippen LogP contribution in [0.3, 0.4) is 0 Å². The number of hydrogen-bond donors (Lipinski definition) is 1. The van der Waals surface area contributed by atoms with E-state index in [1.54, 1.807) is 0 Å². The molecule has 226 valence electrons. The summed E-state index contributed by atoms with van der Waals surface area (Å²) in [6, 6.07) is 7.12. The van der Waals surface area contributed by atoms with Gasteiger partial charge in [0.15, 0.2) is 17.0 Å². The van der Waals surface area contributed by atoms with Crippen LogP contribution in [0.2, 0.25) is 0 Å². The van der Waals surface area contributed by atoms with Crippen molar-refractivity contribution in [1.29, 1.82) is 0 Å². The molecule has 0 aliphatic heterocycles. The first-order valence-electron chi connectivity index (χ1n) is 15.3. The summed E-state index contributed by atoms with van der Waals surface area (Å²) in [6.45, 7) is 2.69. The van der Waals surface area contributed by atoms with Crippen molar-refractivity contribution >= 4 is 11.6 Å². The monoisotopic (exact) mass is 576 g/mol. The number of nitrogens with zero attached hydrogens (tertiary/aromatic N) is 3. The fourth-order valence-electron chi connectivity index (χ4n) is 5.02. The highest BCUT2D eigenvalue weighted by Crippen LogP contribution is 2.32. The molecule has 3 rings (SSSR count). The van der Waals surface area contributed by atoms with Crippen LogP contribution in [0.25, 0.3) is 16.9 Å². The predicted molar refractivity (Wildman–Crippen MR) is 155 cm³/mol. The molecular weight excluding hydrogens is 532 g/mol. The van der Waals surface area contributed by atoms with Gasteiger partial charge in [-0.3, -0.25) is 4.79 Å². The Morgan fingerprint density at radius 1 is 0.780 bits per heavy atom. The third-order valence-electron chi connectivity index (χ3n) is 7.41. The Bertz CT molecular complexity index is 1190. The summed E-state index contributed by atoms with van der Waals surface area (Å²) in [5.74, 6) is -1.04. The Hall–Kier alpha value is -2.97. The normalized spacial score (nSPS) is 11.8. The van der Waals surface area contributed by atoms with Gasteiger partial charge in [0.25, 0.3) is 5.91 Å². The molecule has 2 aromatic heterocycles. The first kappa shape index (κ1) is 32.5. The first-order chi connectivity index (χ1) is 19.8. The van der Waals surface area contributed by atoms with Crippen LogP contribution >= 0.6 is 0 Å². The molecule has 0 radical (unpaired) electrons. The Morgan fingerprint density at radius 3 is 1.80 bits per heavy atom. The fraction of sp³-hybridized carbons (Fsp3) is 0.594. The summed E-state index contributed by atoms with van der Waals surface area (Å²) in [5.41, 5.74) is -0.943. The van der Waals surface area contributed by atoms with Crippen molar-refractivity contribution < 1.29 is 22.4 Å². The third-order valence-corrected chi connectivity index (χ3v) is 7.41. The van der Waals surface area contributed by atoms with E-state index in [9.17, 15) is 22.4 Å². The van der Waals surface area contributed by atoms with E-state index in [4.69, 9.17) is 0 Å². The van der Waals surface area contributed by atoms with Crippen LogP contribution in [0.15, 0.2) is 36.4 Å². The summed E-state index contributed by atoms with van der Waals surface area (Å²) in [7, 11) is 0. The molecular formula is C32H44F4N4O. The minimum atomic E-state index is -4.72. The summed E-state index contributed by atoms with van der Waals surface area (Å²) >= 11 is 0. The van der Waals surface area contributed by atoms with E-state index in [1.807, 2.05) is 0 Å². The highest BCUT2D eigenvalue weighted by atomic mass is 19.4. The second kappa shape index (κ2) is 17.1. The molecule has 0 fully saturated rings. The Kier molecular flexibility index (Phi) is 13.6. The lowest BCUT2D eigenvalue weighted by Gasteiger charge is -2.11. The zero-order chi connectivity index (χ0) is 29.5. The van der Waals surface area contributed by atoms with Gasteiger partial charge in [-0.2, -0.15) is 18.3 Å². The average Bonchev–Trinajstić information content (AvgIpc) is 3.38. The molecule has 3 aromatic rings. The van der Waals surface area contributed by atoms with Gasteiger partial charge in [-0.25, -0.2) is 13.9 Å². The van der Waals surface area contributed by atoms with Crippen LogP contribution in [-0.2, 0) is 6.18 Å². The minimum absolute atomic E-state index is 0.0184. The molecule has 1 aromatic carbocycles. The Balaban J connectivity index is 1.34. The molecule has 1 N–H and O–H groups in total. The maximum atomic E-state index is 13.8. The standard InChI is InChI=1S/C32H44F4N4O/c1-2-3-4-5-6-7-8-9-10-11-12-13-14-15-16-17-22-37-31(41)28-24-30-38-27(25-18-20-26(33)21-19-25)23-29(32(34,35)36)40(30)39-28/h18-21,23-24H,2-17,22H2,1H3,(H,37,41). The molecule has 0 saturated carbocycles. The van der Waals surface area contributed by atoms with E-state index in [0.29, 0.717) is 16.6 Å². The van der Waals surface area contributed by atoms with Gasteiger partial charge < -0.3 is 5.32 Å². The predicted octanol–water partition coefficient (Wildman–Crippen LogP) is 9.55. The zero-order valence-electron chi connectivity index (χ0n) is 24.2. The zero-order valence-corrected chi connectivity index (χ0v) is 24.2. The van der Waals surface area contributed by atoms with E-state index in [-0.39, 0.29) is 17.0 Å². The lowest BCUT2D eigenvalue weighted by Crippen LogP contribution is -2.25. The number of halogens is 4. The summed E-state index contributed by atoms with van der Waals surface area (Å²) in [4.78, 5) is 16.8.